The zero-order valence-electron chi connectivity index (χ0n) is 13.8. The number of hydrogen-bond donors (Lipinski definition) is 1. The van der Waals surface area contributed by atoms with E-state index in [2.05, 4.69) is 63.3 Å². The van der Waals surface area contributed by atoms with Gasteiger partial charge in [-0.2, -0.15) is 0 Å². The number of methoxy groups -OCH3 is 1. The molecule has 0 aliphatic carbocycles. The van der Waals surface area contributed by atoms with Crippen LogP contribution in [0, 0.1) is 11.8 Å². The van der Waals surface area contributed by atoms with Crippen LogP contribution in [0.15, 0.2) is 30.3 Å². The molecule has 2 unspecified atom stereocenters. The predicted octanol–water partition coefficient (Wildman–Crippen LogP) is 3.91. The minimum atomic E-state index is 0.177. The van der Waals surface area contributed by atoms with Crippen molar-refractivity contribution in [2.75, 3.05) is 20.3 Å². The molecule has 1 aromatic rings. The molecule has 2 atom stereocenters. The Labute approximate surface area is 124 Å². The van der Waals surface area contributed by atoms with Gasteiger partial charge in [-0.05, 0) is 57.6 Å². The van der Waals surface area contributed by atoms with Crippen LogP contribution < -0.4 is 5.32 Å². The molecule has 0 radical (unpaired) electrons. The molecule has 1 rings (SSSR count). The summed E-state index contributed by atoms with van der Waals surface area (Å²) in [7, 11) is 1.78. The van der Waals surface area contributed by atoms with Crippen LogP contribution in [0.5, 0.6) is 0 Å². The standard InChI is InChI=1S/C18H31NO/c1-15(11-12-20-5)17(14-19-18(2,3)4)13-16-9-7-6-8-10-16/h6-10,15,17,19H,11-14H2,1-5H3. The van der Waals surface area contributed by atoms with Gasteiger partial charge < -0.3 is 10.1 Å². The van der Waals surface area contributed by atoms with Gasteiger partial charge in [0, 0.05) is 19.3 Å². The highest BCUT2D eigenvalue weighted by Crippen LogP contribution is 2.21. The Kier molecular flexibility index (Phi) is 7.25. The van der Waals surface area contributed by atoms with Crippen molar-refractivity contribution in [2.45, 2.75) is 46.1 Å². The van der Waals surface area contributed by atoms with E-state index in [1.54, 1.807) is 7.11 Å². The minimum absolute atomic E-state index is 0.177. The molecular weight excluding hydrogens is 246 g/mol. The zero-order chi connectivity index (χ0) is 15.0. The van der Waals surface area contributed by atoms with Crippen LogP contribution in [0.2, 0.25) is 0 Å². The van der Waals surface area contributed by atoms with Crippen molar-refractivity contribution in [1.29, 1.82) is 0 Å². The van der Waals surface area contributed by atoms with E-state index in [4.69, 9.17) is 4.74 Å². The molecule has 0 amide bonds. The quantitative estimate of drug-likeness (QED) is 0.778. The molecule has 0 heterocycles. The Morgan fingerprint density at radius 1 is 1.15 bits per heavy atom. The predicted molar refractivity (Wildman–Crippen MR) is 87.0 cm³/mol. The number of benzene rings is 1. The summed E-state index contributed by atoms with van der Waals surface area (Å²) in [6.07, 6.45) is 2.26. The first-order valence-electron chi connectivity index (χ1n) is 7.70. The van der Waals surface area contributed by atoms with Gasteiger partial charge in [-0.3, -0.25) is 0 Å². The third kappa shape index (κ3) is 7.06. The molecule has 2 heteroatoms. The average molecular weight is 277 g/mol. The van der Waals surface area contributed by atoms with Crippen molar-refractivity contribution in [3.05, 3.63) is 35.9 Å². The van der Waals surface area contributed by atoms with E-state index in [-0.39, 0.29) is 5.54 Å². The van der Waals surface area contributed by atoms with Crippen LogP contribution in [0.25, 0.3) is 0 Å². The fraction of sp³-hybridized carbons (Fsp3) is 0.667. The Bertz CT molecular complexity index is 355. The van der Waals surface area contributed by atoms with E-state index >= 15 is 0 Å². The van der Waals surface area contributed by atoms with E-state index < -0.39 is 0 Å². The Morgan fingerprint density at radius 3 is 2.35 bits per heavy atom. The number of rotatable bonds is 8. The summed E-state index contributed by atoms with van der Waals surface area (Å²) in [6.45, 7) is 10.9. The summed E-state index contributed by atoms with van der Waals surface area (Å²) in [5.74, 6) is 1.30. The maximum atomic E-state index is 5.24. The fourth-order valence-corrected chi connectivity index (χ4v) is 2.37. The first-order chi connectivity index (χ1) is 9.42. The monoisotopic (exact) mass is 277 g/mol. The topological polar surface area (TPSA) is 21.3 Å². The molecule has 0 saturated carbocycles. The van der Waals surface area contributed by atoms with Gasteiger partial charge >= 0.3 is 0 Å². The third-order valence-electron chi connectivity index (χ3n) is 3.82. The van der Waals surface area contributed by atoms with Crippen LogP contribution in [-0.2, 0) is 11.2 Å². The van der Waals surface area contributed by atoms with Crippen LogP contribution in [0.1, 0.15) is 39.7 Å². The first kappa shape index (κ1) is 17.2. The molecular formula is C18H31NO. The van der Waals surface area contributed by atoms with Gasteiger partial charge in [0.2, 0.25) is 0 Å². The summed E-state index contributed by atoms with van der Waals surface area (Å²) < 4.78 is 5.24. The normalized spacial score (nSPS) is 15.1. The third-order valence-corrected chi connectivity index (χ3v) is 3.82. The number of hydrogen-bond acceptors (Lipinski definition) is 2. The number of ether oxygens (including phenoxy) is 1. The molecule has 0 aliphatic rings. The second-order valence-corrected chi connectivity index (χ2v) is 6.84. The highest BCUT2D eigenvalue weighted by Gasteiger charge is 2.20. The van der Waals surface area contributed by atoms with Crippen molar-refractivity contribution in [2.24, 2.45) is 11.8 Å². The van der Waals surface area contributed by atoms with Crippen molar-refractivity contribution in [3.8, 4) is 0 Å². The Hall–Kier alpha value is -0.860. The second kappa shape index (κ2) is 8.43. The SMILES string of the molecule is COCCC(C)C(CNC(C)(C)C)Cc1ccccc1. The summed E-state index contributed by atoms with van der Waals surface area (Å²) in [4.78, 5) is 0. The van der Waals surface area contributed by atoms with Crippen LogP contribution in [0.4, 0.5) is 0 Å². The van der Waals surface area contributed by atoms with Crippen molar-refractivity contribution < 1.29 is 4.74 Å². The summed E-state index contributed by atoms with van der Waals surface area (Å²) in [6, 6.07) is 10.8. The second-order valence-electron chi connectivity index (χ2n) is 6.84. The van der Waals surface area contributed by atoms with Crippen molar-refractivity contribution in [3.63, 3.8) is 0 Å². The van der Waals surface area contributed by atoms with E-state index in [1.807, 2.05) is 0 Å². The summed E-state index contributed by atoms with van der Waals surface area (Å²) in [5.41, 5.74) is 1.60. The fourth-order valence-electron chi connectivity index (χ4n) is 2.37. The molecule has 0 fully saturated rings. The molecule has 2 nitrogen and oxygen atoms in total. The molecule has 0 bridgehead atoms. The molecule has 0 aromatic heterocycles. The van der Waals surface area contributed by atoms with Crippen LogP contribution in [-0.4, -0.2) is 25.8 Å². The largest absolute Gasteiger partial charge is 0.385 e. The molecule has 0 aliphatic heterocycles. The lowest BCUT2D eigenvalue weighted by Crippen LogP contribution is -2.41. The van der Waals surface area contributed by atoms with Crippen LogP contribution >= 0.6 is 0 Å². The van der Waals surface area contributed by atoms with E-state index in [9.17, 15) is 0 Å². The summed E-state index contributed by atoms with van der Waals surface area (Å²) in [5, 5.41) is 3.66. The summed E-state index contributed by atoms with van der Waals surface area (Å²) >= 11 is 0. The van der Waals surface area contributed by atoms with Gasteiger partial charge in [-0.25, -0.2) is 0 Å². The maximum absolute atomic E-state index is 5.24. The van der Waals surface area contributed by atoms with Gasteiger partial charge in [0.25, 0.3) is 0 Å². The van der Waals surface area contributed by atoms with Gasteiger partial charge in [0.1, 0.15) is 0 Å². The minimum Gasteiger partial charge on any atom is -0.385 e. The lowest BCUT2D eigenvalue weighted by Gasteiger charge is -2.29. The van der Waals surface area contributed by atoms with Crippen molar-refractivity contribution in [1.82, 2.24) is 5.32 Å². The van der Waals surface area contributed by atoms with Gasteiger partial charge in [-0.1, -0.05) is 37.3 Å². The van der Waals surface area contributed by atoms with E-state index in [1.165, 1.54) is 5.56 Å². The lowest BCUT2D eigenvalue weighted by atomic mass is 9.85. The lowest BCUT2D eigenvalue weighted by molar-refractivity contribution is 0.161. The molecule has 20 heavy (non-hydrogen) atoms. The molecule has 0 saturated heterocycles. The number of nitrogens with one attached hydrogen (secondary N) is 1. The van der Waals surface area contributed by atoms with E-state index in [0.717, 1.165) is 26.0 Å². The smallest absolute Gasteiger partial charge is 0.0464 e. The molecule has 1 N–H and O–H groups in total. The van der Waals surface area contributed by atoms with Gasteiger partial charge in [0.05, 0.1) is 0 Å². The molecule has 114 valence electrons. The molecule has 0 spiro atoms. The molecule has 1 aromatic carbocycles. The van der Waals surface area contributed by atoms with Gasteiger partial charge in [-0.15, -0.1) is 0 Å². The highest BCUT2D eigenvalue weighted by molar-refractivity contribution is 5.15. The zero-order valence-corrected chi connectivity index (χ0v) is 13.8. The maximum Gasteiger partial charge on any atom is 0.0464 e. The Balaban J connectivity index is 2.63. The first-order valence-corrected chi connectivity index (χ1v) is 7.70. The van der Waals surface area contributed by atoms with Crippen molar-refractivity contribution >= 4 is 0 Å². The highest BCUT2D eigenvalue weighted by atomic mass is 16.5. The average Bonchev–Trinajstić information content (AvgIpc) is 2.41. The van der Waals surface area contributed by atoms with Crippen LogP contribution in [0.3, 0.4) is 0 Å². The van der Waals surface area contributed by atoms with E-state index in [0.29, 0.717) is 11.8 Å². The van der Waals surface area contributed by atoms with Gasteiger partial charge in [0.15, 0.2) is 0 Å². The Morgan fingerprint density at radius 2 is 1.80 bits per heavy atom.